The first-order valence-electron chi connectivity index (χ1n) is 21.5. The van der Waals surface area contributed by atoms with Crippen LogP contribution in [0, 0.1) is 51.0 Å². The molecule has 8 rings (SSSR count). The molecule has 3 aliphatic rings. The molecule has 2 fully saturated rings. The Morgan fingerprint density at radius 3 is 1.89 bits per heavy atom. The SMILES string of the molecule is C#Cc1nn([C@H]2C[C@H](COC)N(C(=O)C=C)C2)c(NC)c1C(N)=O.C=CC(=O)N1C[C@@H](n2nc(C#Cc3c(F)cc4[nH]cnc4c3F)c(C(N)=O)c2NC)C[C@@H]1COC.Fc1cc2c(c(F)c1I)N=CC2. The number of carbonyl (C=O) groups excluding carboxylic acids is 4. The van der Waals surface area contributed by atoms with Gasteiger partial charge in [0.2, 0.25) is 11.8 Å². The van der Waals surface area contributed by atoms with Gasteiger partial charge in [-0.2, -0.15) is 10.2 Å². The Morgan fingerprint density at radius 2 is 1.39 bits per heavy atom. The average Bonchev–Trinajstić information content (AvgIpc) is 4.22. The first kappa shape index (κ1) is 52.8. The molecule has 3 aromatic heterocycles. The van der Waals surface area contributed by atoms with E-state index in [4.69, 9.17) is 27.4 Å². The van der Waals surface area contributed by atoms with Crippen molar-refractivity contribution in [3.63, 3.8) is 0 Å². The number of H-pyrrole nitrogens is 1. The molecular weight excluding hydrogens is 1050 g/mol. The van der Waals surface area contributed by atoms with Gasteiger partial charge in [-0.15, -0.1) is 6.42 Å². The molecule has 71 heavy (non-hydrogen) atoms. The molecule has 4 amide bonds. The highest BCUT2D eigenvalue weighted by molar-refractivity contribution is 14.1. The minimum absolute atomic E-state index is 0.0189. The lowest BCUT2D eigenvalue weighted by molar-refractivity contribution is -0.128. The van der Waals surface area contributed by atoms with Crippen LogP contribution in [0.2, 0.25) is 0 Å². The van der Waals surface area contributed by atoms with E-state index < -0.39 is 40.6 Å². The van der Waals surface area contributed by atoms with E-state index in [0.29, 0.717) is 56.1 Å². The summed E-state index contributed by atoms with van der Waals surface area (Å²) in [4.78, 5) is 62.0. The number of methoxy groups -OCH3 is 2. The number of anilines is 2. The smallest absolute Gasteiger partial charge is 0.255 e. The fraction of sp³-hybridized carbons (Fsp3) is 0.319. The van der Waals surface area contributed by atoms with Crippen molar-refractivity contribution in [2.75, 3.05) is 65.3 Å². The molecule has 2 aromatic carbocycles. The van der Waals surface area contributed by atoms with Gasteiger partial charge in [0.15, 0.2) is 17.3 Å². The highest BCUT2D eigenvalue weighted by Gasteiger charge is 2.39. The van der Waals surface area contributed by atoms with Gasteiger partial charge < -0.3 is 46.4 Å². The van der Waals surface area contributed by atoms with Crippen molar-refractivity contribution < 1.29 is 46.2 Å². The number of amides is 4. The number of aromatic nitrogens is 6. The Morgan fingerprint density at radius 1 is 0.859 bits per heavy atom. The van der Waals surface area contributed by atoms with Crippen LogP contribution in [0.5, 0.6) is 0 Å². The molecule has 24 heteroatoms. The van der Waals surface area contributed by atoms with E-state index >= 15 is 0 Å². The molecule has 5 aromatic rings. The average molecular weight is 1090 g/mol. The number of nitrogens with one attached hydrogen (secondary N) is 3. The number of halogens is 5. The molecule has 19 nitrogen and oxygen atoms in total. The molecular formula is C47H48F4IN13O6. The van der Waals surface area contributed by atoms with Gasteiger partial charge in [-0.25, -0.2) is 31.9 Å². The summed E-state index contributed by atoms with van der Waals surface area (Å²) >= 11 is 1.64. The van der Waals surface area contributed by atoms with Crippen molar-refractivity contribution in [3.8, 4) is 24.2 Å². The molecule has 6 heterocycles. The first-order chi connectivity index (χ1) is 34.0. The number of imidazole rings is 1. The van der Waals surface area contributed by atoms with Crippen molar-refractivity contribution in [1.29, 1.82) is 0 Å². The van der Waals surface area contributed by atoms with Crippen LogP contribution < -0.4 is 22.1 Å². The number of rotatable bonds is 12. The molecule has 0 saturated carbocycles. The van der Waals surface area contributed by atoms with E-state index in [9.17, 15) is 36.7 Å². The number of aliphatic imine (C=N–C) groups is 1. The molecule has 372 valence electrons. The van der Waals surface area contributed by atoms with Crippen LogP contribution in [-0.4, -0.2) is 136 Å². The third kappa shape index (κ3) is 10.8. The van der Waals surface area contributed by atoms with Gasteiger partial charge in [-0.05, 0) is 71.1 Å². The number of benzene rings is 2. The molecule has 0 bridgehead atoms. The number of ether oxygens (including phenoxy) is 2. The Hall–Kier alpha value is -7.55. The van der Waals surface area contributed by atoms with Gasteiger partial charge in [0.05, 0.1) is 58.4 Å². The number of hydrogen-bond donors (Lipinski definition) is 5. The fourth-order valence-corrected chi connectivity index (χ4v) is 8.97. The summed E-state index contributed by atoms with van der Waals surface area (Å²) in [6.07, 6.45) is 12.4. The number of nitrogens with zero attached hydrogens (tertiary/aromatic N) is 8. The zero-order chi connectivity index (χ0) is 51.8. The molecule has 0 radical (unpaired) electrons. The van der Waals surface area contributed by atoms with E-state index in [-0.39, 0.29) is 85.5 Å². The van der Waals surface area contributed by atoms with Crippen LogP contribution in [0.4, 0.5) is 34.9 Å². The predicted octanol–water partition coefficient (Wildman–Crippen LogP) is 4.36. The Kier molecular flexibility index (Phi) is 17.0. The third-order valence-corrected chi connectivity index (χ3v) is 12.7. The molecule has 7 N–H and O–H groups in total. The molecule has 0 spiro atoms. The number of primary amides is 2. The maximum atomic E-state index is 14.8. The second-order valence-corrected chi connectivity index (χ2v) is 17.0. The Balaban J connectivity index is 0.000000196. The summed E-state index contributed by atoms with van der Waals surface area (Å²) in [5.41, 5.74) is 11.8. The van der Waals surface area contributed by atoms with Crippen LogP contribution in [0.25, 0.3) is 11.0 Å². The van der Waals surface area contributed by atoms with E-state index in [1.165, 1.54) is 36.3 Å². The van der Waals surface area contributed by atoms with Gasteiger partial charge in [0.1, 0.15) is 51.3 Å². The van der Waals surface area contributed by atoms with Gasteiger partial charge in [-0.1, -0.05) is 19.1 Å². The van der Waals surface area contributed by atoms with Gasteiger partial charge in [-0.3, -0.25) is 24.2 Å². The molecule has 2 saturated heterocycles. The maximum absolute atomic E-state index is 14.8. The summed E-state index contributed by atoms with van der Waals surface area (Å²) in [6.45, 7) is 8.47. The summed E-state index contributed by atoms with van der Waals surface area (Å²) in [7, 11) is 6.36. The zero-order valence-electron chi connectivity index (χ0n) is 38.8. The van der Waals surface area contributed by atoms with Gasteiger partial charge in [0.25, 0.3) is 11.8 Å². The van der Waals surface area contributed by atoms with E-state index in [1.54, 1.807) is 64.5 Å². The quantitative estimate of drug-likeness (QED) is 0.0386. The number of nitrogens with two attached hydrogens (primary N) is 2. The van der Waals surface area contributed by atoms with Crippen LogP contribution in [0.15, 0.2) is 48.8 Å². The highest BCUT2D eigenvalue weighted by Crippen LogP contribution is 2.35. The number of carbonyl (C=O) groups is 4. The number of aromatic amines is 1. The number of fused-ring (bicyclic) bond motifs is 2. The van der Waals surface area contributed by atoms with Crippen LogP contribution in [0.3, 0.4) is 0 Å². The monoisotopic (exact) mass is 1090 g/mol. The van der Waals surface area contributed by atoms with E-state index in [1.807, 2.05) is 0 Å². The topological polar surface area (TPSA) is 246 Å². The Bertz CT molecular complexity index is 3060. The summed E-state index contributed by atoms with van der Waals surface area (Å²) < 4.78 is 69.0. The third-order valence-electron chi connectivity index (χ3n) is 11.7. The Labute approximate surface area is 418 Å². The normalized spacial score (nSPS) is 17.5. The van der Waals surface area contributed by atoms with Crippen LogP contribution >= 0.6 is 22.6 Å². The second kappa shape index (κ2) is 22.9. The summed E-state index contributed by atoms with van der Waals surface area (Å²) in [6, 6.07) is 1.58. The van der Waals surface area contributed by atoms with Crippen molar-refractivity contribution in [2.24, 2.45) is 16.5 Å². The van der Waals surface area contributed by atoms with Crippen molar-refractivity contribution in [2.45, 2.75) is 43.4 Å². The van der Waals surface area contributed by atoms with Gasteiger partial charge >= 0.3 is 0 Å². The highest BCUT2D eigenvalue weighted by atomic mass is 127. The first-order valence-corrected chi connectivity index (χ1v) is 22.6. The lowest BCUT2D eigenvalue weighted by atomic mass is 10.1. The number of terminal acetylenes is 1. The number of likely N-dealkylation sites (tertiary alicyclic amines) is 2. The lowest BCUT2D eigenvalue weighted by Gasteiger charge is -2.22. The van der Waals surface area contributed by atoms with E-state index in [0.717, 1.165) is 6.07 Å². The number of hydrogen-bond acceptors (Lipinski definition) is 12. The summed E-state index contributed by atoms with van der Waals surface area (Å²) in [5.74, 6) is 3.35. The fourth-order valence-electron chi connectivity index (χ4n) is 8.56. The van der Waals surface area contributed by atoms with Crippen molar-refractivity contribution in [1.82, 2.24) is 39.3 Å². The standard InChI is InChI=1S/C23H23F2N7O3.C16H21N5O3.C8H4F2IN/c1-4-18(33)31-9-12(7-13(31)10-35-3)32-23(27-2)19(22(26)34)16(30-32)6-5-14-15(24)8-17-21(20(14)25)29-11-28-17;1-5-12-14(15(17)23)16(18-3)21(19-12)10-7-11(9-24-4)20(8-10)13(22)6-2;9-5-3-4-1-2-12-8(4)6(10)7(5)11/h4,8,11-13,27H,1,7,9-10H2,2-3H3,(H2,26,34)(H,28,29);1,6,10-11,18H,2,7-9H2,3-4H3,(H2,17,23);2-3H,1H2/t12-,13+;10-,11+;/m00./s1. The minimum Gasteiger partial charge on any atom is -0.383 e. The molecule has 0 unspecified atom stereocenters. The van der Waals surface area contributed by atoms with Crippen LogP contribution in [0.1, 0.15) is 68.2 Å². The largest absolute Gasteiger partial charge is 0.383 e. The van der Waals surface area contributed by atoms with Gasteiger partial charge in [0, 0.05) is 60.1 Å². The molecule has 4 atom stereocenters. The summed E-state index contributed by atoms with van der Waals surface area (Å²) in [5, 5.41) is 14.6. The lowest BCUT2D eigenvalue weighted by Crippen LogP contribution is -2.37. The second-order valence-electron chi connectivity index (χ2n) is 15.9. The van der Waals surface area contributed by atoms with Crippen LogP contribution in [-0.2, 0) is 25.5 Å². The molecule has 0 aliphatic carbocycles. The van der Waals surface area contributed by atoms with Crippen molar-refractivity contribution >= 4 is 80.8 Å². The molecule has 3 aliphatic heterocycles. The predicted molar refractivity (Wildman–Crippen MR) is 264 cm³/mol. The maximum Gasteiger partial charge on any atom is 0.255 e. The minimum atomic E-state index is -0.931. The zero-order valence-corrected chi connectivity index (χ0v) is 40.9. The van der Waals surface area contributed by atoms with E-state index in [2.05, 4.69) is 66.7 Å². The van der Waals surface area contributed by atoms with Crippen molar-refractivity contribution in [3.05, 3.63) is 104 Å².